The summed E-state index contributed by atoms with van der Waals surface area (Å²) in [5.74, 6) is 5.07. The zero-order valence-electron chi connectivity index (χ0n) is 12.8. The van der Waals surface area contributed by atoms with Crippen LogP contribution in [0, 0.1) is 22.9 Å². The number of nitriles is 2. The van der Waals surface area contributed by atoms with Gasteiger partial charge >= 0.3 is 0 Å². The summed E-state index contributed by atoms with van der Waals surface area (Å²) >= 11 is 3.70. The van der Waals surface area contributed by atoms with Crippen LogP contribution < -0.4 is 21.3 Å². The molecule has 0 aliphatic rings. The molecule has 0 aromatic carbocycles. The zero-order chi connectivity index (χ0) is 16.5. The van der Waals surface area contributed by atoms with Crippen molar-refractivity contribution in [3.63, 3.8) is 0 Å². The van der Waals surface area contributed by atoms with Gasteiger partial charge < -0.3 is 10.6 Å². The van der Waals surface area contributed by atoms with Gasteiger partial charge in [-0.25, -0.2) is 0 Å². The standard InChI is InChI=1S/C12H22N8S2/c1-15-11(19-9-13)17-3-5-21-7-8-22-6-4-18-12(16-2)20-10-14/h3-8H2,1-2H3,(H2,15,17,19)(H2,16,18,20). The highest BCUT2D eigenvalue weighted by Gasteiger charge is 1.97. The largest absolute Gasteiger partial charge is 0.355 e. The lowest BCUT2D eigenvalue weighted by atomic mass is 10.7. The second-order valence-corrected chi connectivity index (χ2v) is 6.15. The Balaban J connectivity index is 3.38. The van der Waals surface area contributed by atoms with Crippen LogP contribution in [0.1, 0.15) is 0 Å². The monoisotopic (exact) mass is 342 g/mol. The van der Waals surface area contributed by atoms with Crippen molar-refractivity contribution in [2.24, 2.45) is 9.98 Å². The Morgan fingerprint density at radius 2 is 1.23 bits per heavy atom. The molecule has 0 aliphatic heterocycles. The zero-order valence-corrected chi connectivity index (χ0v) is 14.5. The lowest BCUT2D eigenvalue weighted by Gasteiger charge is -2.07. The van der Waals surface area contributed by atoms with Crippen LogP contribution in [0.25, 0.3) is 0 Å². The highest BCUT2D eigenvalue weighted by molar-refractivity contribution is 8.02. The van der Waals surface area contributed by atoms with Gasteiger partial charge in [-0.3, -0.25) is 20.6 Å². The third-order valence-electron chi connectivity index (χ3n) is 2.25. The third kappa shape index (κ3) is 12.0. The number of hydrogen-bond acceptors (Lipinski definition) is 6. The SMILES string of the molecule is CN=C(NC#N)NCCSCCSCCNC(=NC)NC#N. The predicted molar refractivity (Wildman–Crippen MR) is 94.9 cm³/mol. The summed E-state index contributed by atoms with van der Waals surface area (Å²) in [7, 11) is 3.26. The van der Waals surface area contributed by atoms with Crippen molar-refractivity contribution in [1.29, 1.82) is 10.5 Å². The molecule has 0 amide bonds. The highest BCUT2D eigenvalue weighted by Crippen LogP contribution is 2.05. The van der Waals surface area contributed by atoms with E-state index >= 15 is 0 Å². The second-order valence-electron chi connectivity index (χ2n) is 3.70. The van der Waals surface area contributed by atoms with Gasteiger partial charge in [0.25, 0.3) is 0 Å². The van der Waals surface area contributed by atoms with Gasteiger partial charge in [0.05, 0.1) is 0 Å². The molecule has 0 unspecified atom stereocenters. The number of nitrogens with one attached hydrogen (secondary N) is 4. The fourth-order valence-electron chi connectivity index (χ4n) is 1.27. The van der Waals surface area contributed by atoms with E-state index in [0.29, 0.717) is 11.9 Å². The van der Waals surface area contributed by atoms with E-state index in [1.165, 1.54) is 0 Å². The van der Waals surface area contributed by atoms with Crippen LogP contribution in [0.2, 0.25) is 0 Å². The number of hydrogen-bond donors (Lipinski definition) is 4. The first-order valence-electron chi connectivity index (χ1n) is 6.65. The van der Waals surface area contributed by atoms with E-state index in [9.17, 15) is 0 Å². The van der Waals surface area contributed by atoms with Gasteiger partial charge in [0, 0.05) is 50.2 Å². The molecule has 122 valence electrons. The van der Waals surface area contributed by atoms with Gasteiger partial charge in [0.2, 0.25) is 11.9 Å². The average molecular weight is 342 g/mol. The van der Waals surface area contributed by atoms with Gasteiger partial charge in [-0.05, 0) is 0 Å². The minimum Gasteiger partial charge on any atom is -0.355 e. The fourth-order valence-corrected chi connectivity index (χ4v) is 3.11. The fraction of sp³-hybridized carbons (Fsp3) is 0.667. The van der Waals surface area contributed by atoms with E-state index < -0.39 is 0 Å². The van der Waals surface area contributed by atoms with Crippen molar-refractivity contribution in [2.45, 2.75) is 0 Å². The Labute approximate surface area is 140 Å². The second kappa shape index (κ2) is 15.6. The molecule has 22 heavy (non-hydrogen) atoms. The maximum Gasteiger partial charge on any atom is 0.204 e. The lowest BCUT2D eigenvalue weighted by Crippen LogP contribution is -2.35. The number of thioether (sulfide) groups is 2. The van der Waals surface area contributed by atoms with Gasteiger partial charge in [0.15, 0.2) is 12.4 Å². The third-order valence-corrected chi connectivity index (χ3v) is 4.48. The molecule has 4 N–H and O–H groups in total. The molecule has 0 bridgehead atoms. The van der Waals surface area contributed by atoms with Gasteiger partial charge in [0.1, 0.15) is 0 Å². The summed E-state index contributed by atoms with van der Waals surface area (Å²) < 4.78 is 0. The Morgan fingerprint density at radius 1 is 0.818 bits per heavy atom. The molecule has 8 nitrogen and oxygen atoms in total. The van der Waals surface area contributed by atoms with E-state index in [-0.39, 0.29) is 0 Å². The number of guanidine groups is 2. The Morgan fingerprint density at radius 3 is 1.55 bits per heavy atom. The molecule has 0 fully saturated rings. The van der Waals surface area contributed by atoms with Crippen molar-refractivity contribution in [3.8, 4) is 12.4 Å². The van der Waals surface area contributed by atoms with Gasteiger partial charge in [-0.15, -0.1) is 0 Å². The molecule has 0 aromatic heterocycles. The van der Waals surface area contributed by atoms with Crippen molar-refractivity contribution in [1.82, 2.24) is 21.3 Å². The van der Waals surface area contributed by atoms with E-state index in [0.717, 1.165) is 36.1 Å². The number of rotatable bonds is 9. The summed E-state index contributed by atoms with van der Waals surface area (Å²) in [6.45, 7) is 1.54. The number of nitrogens with zero attached hydrogens (tertiary/aromatic N) is 4. The summed E-state index contributed by atoms with van der Waals surface area (Å²) in [5.41, 5.74) is 0. The lowest BCUT2D eigenvalue weighted by molar-refractivity contribution is 0.930. The maximum atomic E-state index is 8.47. The first-order valence-corrected chi connectivity index (χ1v) is 8.96. The van der Waals surface area contributed by atoms with Crippen LogP contribution in [0.15, 0.2) is 9.98 Å². The molecule has 0 aliphatic carbocycles. The predicted octanol–water partition coefficient (Wildman–Crippen LogP) is -0.255. The molecule has 0 rings (SSSR count). The van der Waals surface area contributed by atoms with Crippen molar-refractivity contribution in [2.75, 3.05) is 50.2 Å². The van der Waals surface area contributed by atoms with Crippen molar-refractivity contribution < 1.29 is 0 Å². The quantitative estimate of drug-likeness (QED) is 0.149. The molecule has 0 aromatic rings. The van der Waals surface area contributed by atoms with Crippen molar-refractivity contribution in [3.05, 3.63) is 0 Å². The molecule has 0 atom stereocenters. The Bertz CT molecular complexity index is 384. The van der Waals surface area contributed by atoms with Crippen LogP contribution in [0.5, 0.6) is 0 Å². The van der Waals surface area contributed by atoms with Crippen LogP contribution in [-0.4, -0.2) is 62.1 Å². The summed E-state index contributed by atoms with van der Waals surface area (Å²) in [6.07, 6.45) is 3.66. The Kier molecular flexibility index (Phi) is 14.3. The minimum atomic E-state index is 0.503. The Hall–Kier alpha value is -1.78. The minimum absolute atomic E-state index is 0.503. The maximum absolute atomic E-state index is 8.47. The summed E-state index contributed by atoms with van der Waals surface area (Å²) in [5, 5.41) is 28.0. The molecule has 0 radical (unpaired) electrons. The first kappa shape index (κ1) is 20.2. The first-order chi connectivity index (χ1) is 10.8. The molecular weight excluding hydrogens is 320 g/mol. The smallest absolute Gasteiger partial charge is 0.204 e. The van der Waals surface area contributed by atoms with Crippen LogP contribution >= 0.6 is 23.5 Å². The van der Waals surface area contributed by atoms with Crippen molar-refractivity contribution >= 4 is 35.4 Å². The normalized spacial score (nSPS) is 11.3. The van der Waals surface area contributed by atoms with E-state index in [1.807, 2.05) is 35.9 Å². The van der Waals surface area contributed by atoms with E-state index in [1.54, 1.807) is 14.1 Å². The molecule has 0 saturated carbocycles. The molecule has 0 spiro atoms. The van der Waals surface area contributed by atoms with Gasteiger partial charge in [-0.1, -0.05) is 0 Å². The molecule has 0 heterocycles. The van der Waals surface area contributed by atoms with Gasteiger partial charge in [-0.2, -0.15) is 34.0 Å². The van der Waals surface area contributed by atoms with E-state index in [2.05, 4.69) is 31.3 Å². The van der Waals surface area contributed by atoms with E-state index in [4.69, 9.17) is 10.5 Å². The topological polar surface area (TPSA) is 120 Å². The highest BCUT2D eigenvalue weighted by atomic mass is 32.2. The number of aliphatic imine (C=N–C) groups is 2. The molecule has 10 heteroatoms. The van der Waals surface area contributed by atoms with Crippen LogP contribution in [0.3, 0.4) is 0 Å². The van der Waals surface area contributed by atoms with Crippen LogP contribution in [-0.2, 0) is 0 Å². The summed E-state index contributed by atoms with van der Waals surface area (Å²) in [6, 6.07) is 0. The van der Waals surface area contributed by atoms with Crippen LogP contribution in [0.4, 0.5) is 0 Å². The average Bonchev–Trinajstić information content (AvgIpc) is 2.54. The molecular formula is C12H22N8S2. The molecule has 0 saturated heterocycles. The summed E-state index contributed by atoms with van der Waals surface area (Å²) in [4.78, 5) is 7.79.